The zero-order valence-corrected chi connectivity index (χ0v) is 19.5. The Labute approximate surface area is 203 Å². The van der Waals surface area contributed by atoms with Crippen LogP contribution in [0.2, 0.25) is 0 Å². The van der Waals surface area contributed by atoms with Crippen molar-refractivity contribution in [2.24, 2.45) is 0 Å². The molecule has 3 aromatic carbocycles. The van der Waals surface area contributed by atoms with Crippen LogP contribution >= 0.6 is 22.6 Å². The summed E-state index contributed by atoms with van der Waals surface area (Å²) < 4.78 is 6.36. The Balaban J connectivity index is 1.78. The van der Waals surface area contributed by atoms with Gasteiger partial charge in [0, 0.05) is 20.9 Å². The van der Waals surface area contributed by atoms with E-state index >= 15 is 0 Å². The van der Waals surface area contributed by atoms with Crippen LogP contribution in [-0.2, 0) is 9.22 Å². The minimum Gasteiger partial charge on any atom is -0.505 e. The van der Waals surface area contributed by atoms with Crippen molar-refractivity contribution in [3.8, 4) is 17.2 Å². The summed E-state index contributed by atoms with van der Waals surface area (Å²) >= 11 is 2.13. The summed E-state index contributed by atoms with van der Waals surface area (Å²) in [5.74, 6) is -0.940. The van der Waals surface area contributed by atoms with E-state index in [9.17, 15) is 19.8 Å². The van der Waals surface area contributed by atoms with Gasteiger partial charge < -0.3 is 14.9 Å². The molecular formula is C25H19IN2O5. The number of fused-ring (bicyclic) bond motifs is 1. The first kappa shape index (κ1) is 22.5. The molecule has 1 aromatic heterocycles. The van der Waals surface area contributed by atoms with E-state index in [0.29, 0.717) is 38.1 Å². The van der Waals surface area contributed by atoms with E-state index in [1.165, 1.54) is 0 Å². The van der Waals surface area contributed by atoms with Crippen LogP contribution in [0.1, 0.15) is 16.2 Å². The van der Waals surface area contributed by atoms with Gasteiger partial charge in [0.1, 0.15) is 18.0 Å². The van der Waals surface area contributed by atoms with Gasteiger partial charge in [0.05, 0.1) is 5.69 Å². The second kappa shape index (κ2) is 9.86. The third-order valence-electron chi connectivity index (χ3n) is 4.94. The quantitative estimate of drug-likeness (QED) is 0.235. The number of ether oxygens (including phenoxy) is 1. The lowest BCUT2D eigenvalue weighted by Crippen LogP contribution is -2.36. The van der Waals surface area contributed by atoms with E-state index in [1.54, 1.807) is 48.5 Å². The average molecular weight is 554 g/mol. The molecule has 0 radical (unpaired) electrons. The normalized spacial score (nSPS) is 10.7. The van der Waals surface area contributed by atoms with Gasteiger partial charge in [-0.15, -0.1) is 0 Å². The number of nitrogens with zero attached hydrogens (tertiary/aromatic N) is 2. The predicted octanol–water partition coefficient (Wildman–Crippen LogP) is 5.40. The van der Waals surface area contributed by atoms with Crippen molar-refractivity contribution in [3.63, 3.8) is 0 Å². The lowest BCUT2D eigenvalue weighted by atomic mass is 10.1. The summed E-state index contributed by atoms with van der Waals surface area (Å²) in [6.45, 7) is -0.564. The highest BCUT2D eigenvalue weighted by atomic mass is 127. The minimum absolute atomic E-state index is 0.198. The molecular weight excluding hydrogens is 535 g/mol. The number of halogens is 1. The molecule has 0 atom stereocenters. The van der Waals surface area contributed by atoms with Gasteiger partial charge in [0.2, 0.25) is 0 Å². The molecule has 0 aliphatic carbocycles. The summed E-state index contributed by atoms with van der Waals surface area (Å²) in [6, 6.07) is 22.9. The molecule has 2 N–H and O–H groups in total. The monoisotopic (exact) mass is 554 g/mol. The van der Waals surface area contributed by atoms with Crippen LogP contribution in [0.3, 0.4) is 0 Å². The zero-order valence-electron chi connectivity index (χ0n) is 17.3. The molecule has 1 amide bonds. The molecule has 0 aliphatic heterocycles. The number of carbonyl (C=O) groups excluding carboxylic acids is 1. The summed E-state index contributed by atoms with van der Waals surface area (Å²) in [7, 11) is 0. The summed E-state index contributed by atoms with van der Waals surface area (Å²) in [6.07, 6.45) is 0. The van der Waals surface area contributed by atoms with Gasteiger partial charge in [-0.1, -0.05) is 59.0 Å². The maximum absolute atomic E-state index is 13.3. The number of para-hydroxylation sites is 2. The number of carbonyl (C=O) groups is 2. The number of carboxylic acids is 1. The van der Waals surface area contributed by atoms with Crippen LogP contribution < -0.4 is 9.64 Å². The smallest absolute Gasteiger partial charge is 0.323 e. The van der Waals surface area contributed by atoms with Gasteiger partial charge in [0.15, 0.2) is 11.4 Å². The summed E-state index contributed by atoms with van der Waals surface area (Å²) in [5, 5.41) is 21.4. The van der Waals surface area contributed by atoms with E-state index in [4.69, 9.17) is 4.74 Å². The molecule has 0 fully saturated rings. The number of rotatable bonds is 7. The fourth-order valence-corrected chi connectivity index (χ4v) is 4.02. The molecule has 0 aliphatic rings. The van der Waals surface area contributed by atoms with Crippen molar-refractivity contribution in [2.75, 3.05) is 11.4 Å². The lowest BCUT2D eigenvalue weighted by molar-refractivity contribution is -0.135. The number of aromatic hydroxyl groups is 1. The Kier molecular flexibility index (Phi) is 6.74. The predicted molar refractivity (Wildman–Crippen MR) is 133 cm³/mol. The summed E-state index contributed by atoms with van der Waals surface area (Å²) in [5.41, 5.74) is 0.776. The van der Waals surface area contributed by atoms with Gasteiger partial charge >= 0.3 is 5.97 Å². The maximum Gasteiger partial charge on any atom is 0.323 e. The fourth-order valence-electron chi connectivity index (χ4n) is 3.43. The number of pyridine rings is 1. The average Bonchev–Trinajstić information content (AvgIpc) is 2.83. The molecule has 0 bridgehead atoms. The standard InChI is InChI=1S/C25H19IN2O5/c26-14-21-20-13-18(33-17-9-5-2-6-10-17)11-12-19(20)24(31)23(27-21)25(32)28(15-22(29)30)16-7-3-1-4-8-16/h1-13,31H,14-15H2,(H,29,30). The molecule has 166 valence electrons. The van der Waals surface area contributed by atoms with E-state index < -0.39 is 18.4 Å². The van der Waals surface area contributed by atoms with Crippen molar-refractivity contribution in [1.29, 1.82) is 0 Å². The largest absolute Gasteiger partial charge is 0.505 e. The van der Waals surface area contributed by atoms with E-state index in [2.05, 4.69) is 27.6 Å². The molecule has 0 spiro atoms. The van der Waals surface area contributed by atoms with Crippen molar-refractivity contribution in [2.45, 2.75) is 4.43 Å². The fraction of sp³-hybridized carbons (Fsp3) is 0.0800. The Morgan fingerprint density at radius 2 is 1.58 bits per heavy atom. The van der Waals surface area contributed by atoms with Crippen molar-refractivity contribution in [1.82, 2.24) is 4.98 Å². The van der Waals surface area contributed by atoms with Gasteiger partial charge in [-0.25, -0.2) is 4.98 Å². The number of anilines is 1. The van der Waals surface area contributed by atoms with E-state index in [0.717, 1.165) is 4.90 Å². The minimum atomic E-state index is -1.18. The topological polar surface area (TPSA) is 100.0 Å². The third-order valence-corrected chi connectivity index (χ3v) is 5.67. The number of hydrogen-bond donors (Lipinski definition) is 2. The molecule has 0 saturated carbocycles. The lowest BCUT2D eigenvalue weighted by Gasteiger charge is -2.21. The highest BCUT2D eigenvalue weighted by molar-refractivity contribution is 14.1. The maximum atomic E-state index is 13.3. The third kappa shape index (κ3) is 4.90. The molecule has 33 heavy (non-hydrogen) atoms. The SMILES string of the molecule is O=C(O)CN(C(=O)c1nc(CI)c2cc(Oc3ccccc3)ccc2c1O)c1ccccc1. The van der Waals surface area contributed by atoms with Gasteiger partial charge in [-0.2, -0.15) is 0 Å². The van der Waals surface area contributed by atoms with Crippen LogP contribution in [0.15, 0.2) is 78.9 Å². The van der Waals surface area contributed by atoms with Crippen molar-refractivity contribution < 1.29 is 24.5 Å². The second-order valence-corrected chi connectivity index (χ2v) is 7.90. The number of aliphatic carboxylic acids is 1. The number of hydrogen-bond acceptors (Lipinski definition) is 5. The number of alkyl halides is 1. The molecule has 7 nitrogen and oxygen atoms in total. The second-order valence-electron chi connectivity index (χ2n) is 7.13. The number of aromatic nitrogens is 1. The molecule has 8 heteroatoms. The van der Waals surface area contributed by atoms with Gasteiger partial charge in [-0.3, -0.25) is 14.5 Å². The van der Waals surface area contributed by atoms with Crippen LogP contribution in [-0.4, -0.2) is 33.6 Å². The Hall–Kier alpha value is -3.66. The van der Waals surface area contributed by atoms with Gasteiger partial charge in [-0.05, 0) is 42.5 Å². The highest BCUT2D eigenvalue weighted by Crippen LogP contribution is 2.35. The van der Waals surface area contributed by atoms with Crippen molar-refractivity contribution >= 4 is 50.9 Å². The number of amides is 1. The first-order valence-corrected chi connectivity index (χ1v) is 11.5. The molecule has 1 heterocycles. The Morgan fingerprint density at radius 3 is 2.21 bits per heavy atom. The molecule has 0 unspecified atom stereocenters. The van der Waals surface area contributed by atoms with Crippen LogP contribution in [0.25, 0.3) is 10.8 Å². The van der Waals surface area contributed by atoms with Gasteiger partial charge in [0.25, 0.3) is 5.91 Å². The molecule has 4 rings (SSSR count). The van der Waals surface area contributed by atoms with E-state index in [-0.39, 0.29) is 11.4 Å². The van der Waals surface area contributed by atoms with Crippen LogP contribution in [0, 0.1) is 0 Å². The molecule has 4 aromatic rings. The Bertz CT molecular complexity index is 1310. The van der Waals surface area contributed by atoms with Crippen LogP contribution in [0.5, 0.6) is 17.2 Å². The zero-order chi connectivity index (χ0) is 23.4. The van der Waals surface area contributed by atoms with Crippen molar-refractivity contribution in [3.05, 3.63) is 90.3 Å². The highest BCUT2D eigenvalue weighted by Gasteiger charge is 2.26. The first-order valence-electron chi connectivity index (χ1n) is 10.0. The number of benzene rings is 3. The molecule has 0 saturated heterocycles. The van der Waals surface area contributed by atoms with Crippen LogP contribution in [0.4, 0.5) is 5.69 Å². The first-order chi connectivity index (χ1) is 16.0. The number of carboxylic acid groups (broad SMARTS) is 1. The Morgan fingerprint density at radius 1 is 0.909 bits per heavy atom. The summed E-state index contributed by atoms with van der Waals surface area (Å²) in [4.78, 5) is 30.3. The van der Waals surface area contributed by atoms with E-state index in [1.807, 2.05) is 30.3 Å².